The number of nitrogens with zero attached hydrogens (tertiary/aromatic N) is 2. The SMILES string of the molecule is CNC(=O)CCNc1nc(OC)ncc1Cl. The molecular weight excluding hydrogens is 232 g/mol. The number of ether oxygens (including phenoxy) is 1. The molecule has 88 valence electrons. The third-order valence-corrected chi connectivity index (χ3v) is 2.10. The summed E-state index contributed by atoms with van der Waals surface area (Å²) in [6.45, 7) is 0.444. The molecule has 0 aliphatic rings. The number of carbonyl (C=O) groups excluding carboxylic acids is 1. The van der Waals surface area contributed by atoms with Crippen LogP contribution in [0.1, 0.15) is 6.42 Å². The molecule has 0 bridgehead atoms. The molecule has 16 heavy (non-hydrogen) atoms. The number of anilines is 1. The molecule has 6 nitrogen and oxygen atoms in total. The van der Waals surface area contributed by atoms with Gasteiger partial charge in [-0.3, -0.25) is 4.79 Å². The third kappa shape index (κ3) is 3.54. The van der Waals surface area contributed by atoms with Gasteiger partial charge in [0.1, 0.15) is 5.02 Å². The summed E-state index contributed by atoms with van der Waals surface area (Å²) in [7, 11) is 3.06. The third-order valence-electron chi connectivity index (χ3n) is 1.83. The van der Waals surface area contributed by atoms with Crippen molar-refractivity contribution in [3.8, 4) is 6.01 Å². The van der Waals surface area contributed by atoms with Crippen LogP contribution in [0.5, 0.6) is 6.01 Å². The van der Waals surface area contributed by atoms with Crippen molar-refractivity contribution in [2.75, 3.05) is 26.0 Å². The van der Waals surface area contributed by atoms with Gasteiger partial charge < -0.3 is 15.4 Å². The molecule has 0 fully saturated rings. The predicted octanol–water partition coefficient (Wildman–Crippen LogP) is 0.687. The fourth-order valence-electron chi connectivity index (χ4n) is 0.993. The van der Waals surface area contributed by atoms with Gasteiger partial charge in [-0.2, -0.15) is 4.98 Å². The van der Waals surface area contributed by atoms with Crippen LogP contribution in [0.25, 0.3) is 0 Å². The summed E-state index contributed by atoms with van der Waals surface area (Å²) in [5.41, 5.74) is 0. The van der Waals surface area contributed by atoms with Crippen LogP contribution in [0.2, 0.25) is 5.02 Å². The Labute approximate surface area is 98.4 Å². The number of amides is 1. The highest BCUT2D eigenvalue weighted by molar-refractivity contribution is 6.32. The Morgan fingerprint density at radius 2 is 2.38 bits per heavy atom. The molecule has 1 aromatic rings. The normalized spacial score (nSPS) is 9.69. The quantitative estimate of drug-likeness (QED) is 0.797. The van der Waals surface area contributed by atoms with Crippen molar-refractivity contribution in [2.45, 2.75) is 6.42 Å². The number of nitrogens with one attached hydrogen (secondary N) is 2. The summed E-state index contributed by atoms with van der Waals surface area (Å²) in [5, 5.41) is 5.83. The number of hydrogen-bond acceptors (Lipinski definition) is 5. The highest BCUT2D eigenvalue weighted by Gasteiger charge is 2.05. The van der Waals surface area contributed by atoms with Gasteiger partial charge in [-0.25, -0.2) is 4.98 Å². The van der Waals surface area contributed by atoms with Crippen LogP contribution in [0.3, 0.4) is 0 Å². The maximum absolute atomic E-state index is 11.0. The van der Waals surface area contributed by atoms with Crippen LogP contribution in [0.15, 0.2) is 6.20 Å². The van der Waals surface area contributed by atoms with Crippen molar-refractivity contribution >= 4 is 23.3 Å². The fourth-order valence-corrected chi connectivity index (χ4v) is 1.15. The summed E-state index contributed by atoms with van der Waals surface area (Å²) < 4.78 is 4.86. The standard InChI is InChI=1S/C9H13ClN4O2/c1-11-7(15)3-4-12-8-6(10)5-13-9(14-8)16-2/h5H,3-4H2,1-2H3,(H,11,15)(H,12,13,14). The maximum Gasteiger partial charge on any atom is 0.318 e. The zero-order valence-electron chi connectivity index (χ0n) is 9.08. The van der Waals surface area contributed by atoms with Gasteiger partial charge in [0.25, 0.3) is 0 Å². The molecule has 1 rings (SSSR count). The lowest BCUT2D eigenvalue weighted by molar-refractivity contribution is -0.120. The Morgan fingerprint density at radius 1 is 1.62 bits per heavy atom. The van der Waals surface area contributed by atoms with Gasteiger partial charge in [0, 0.05) is 20.0 Å². The first-order valence-electron chi connectivity index (χ1n) is 4.68. The number of aromatic nitrogens is 2. The van der Waals surface area contributed by atoms with E-state index in [1.54, 1.807) is 7.05 Å². The smallest absolute Gasteiger partial charge is 0.318 e. The van der Waals surface area contributed by atoms with E-state index in [0.717, 1.165) is 0 Å². The molecule has 0 spiro atoms. The Morgan fingerprint density at radius 3 is 3.00 bits per heavy atom. The van der Waals surface area contributed by atoms with Crippen LogP contribution in [0, 0.1) is 0 Å². The summed E-state index contributed by atoms with van der Waals surface area (Å²) in [4.78, 5) is 18.8. The highest BCUT2D eigenvalue weighted by Crippen LogP contribution is 2.19. The minimum Gasteiger partial charge on any atom is -0.467 e. The fraction of sp³-hybridized carbons (Fsp3) is 0.444. The van der Waals surface area contributed by atoms with Crippen LogP contribution in [-0.4, -0.2) is 36.6 Å². The molecule has 7 heteroatoms. The number of hydrogen-bond donors (Lipinski definition) is 2. The van der Waals surface area contributed by atoms with Gasteiger partial charge in [-0.05, 0) is 0 Å². The molecule has 0 saturated carbocycles. The van der Waals surface area contributed by atoms with Gasteiger partial charge in [-0.1, -0.05) is 11.6 Å². The van der Waals surface area contributed by atoms with E-state index in [4.69, 9.17) is 16.3 Å². The Bertz CT molecular complexity index is 373. The van der Waals surface area contributed by atoms with E-state index in [2.05, 4.69) is 20.6 Å². The summed E-state index contributed by atoms with van der Waals surface area (Å²) in [6.07, 6.45) is 1.79. The minimum atomic E-state index is -0.0513. The molecular formula is C9H13ClN4O2. The van der Waals surface area contributed by atoms with Crippen LogP contribution >= 0.6 is 11.6 Å². The zero-order valence-corrected chi connectivity index (χ0v) is 9.84. The van der Waals surface area contributed by atoms with E-state index in [0.29, 0.717) is 23.8 Å². The second-order valence-electron chi connectivity index (χ2n) is 2.90. The second-order valence-corrected chi connectivity index (χ2v) is 3.31. The van der Waals surface area contributed by atoms with Crippen molar-refractivity contribution in [3.63, 3.8) is 0 Å². The lowest BCUT2D eigenvalue weighted by atomic mass is 10.4. The first-order valence-corrected chi connectivity index (χ1v) is 5.06. The molecule has 0 aliphatic carbocycles. The molecule has 0 saturated heterocycles. The summed E-state index contributed by atoms with van der Waals surface area (Å²) in [6, 6.07) is 0.229. The molecule has 1 heterocycles. The van der Waals surface area contributed by atoms with E-state index >= 15 is 0 Å². The number of halogens is 1. The summed E-state index contributed by atoms with van der Waals surface area (Å²) in [5.74, 6) is 0.405. The van der Waals surface area contributed by atoms with Crippen molar-refractivity contribution in [1.29, 1.82) is 0 Å². The topological polar surface area (TPSA) is 76.1 Å². The molecule has 0 unspecified atom stereocenters. The van der Waals surface area contributed by atoms with Crippen LogP contribution < -0.4 is 15.4 Å². The Hall–Kier alpha value is -1.56. The van der Waals surface area contributed by atoms with Gasteiger partial charge >= 0.3 is 6.01 Å². The van der Waals surface area contributed by atoms with E-state index in [-0.39, 0.29) is 11.9 Å². The molecule has 0 radical (unpaired) electrons. The van der Waals surface area contributed by atoms with Crippen molar-refractivity contribution in [2.24, 2.45) is 0 Å². The molecule has 1 aromatic heterocycles. The number of rotatable bonds is 5. The van der Waals surface area contributed by atoms with Gasteiger partial charge in [0.15, 0.2) is 5.82 Å². The predicted molar refractivity (Wildman–Crippen MR) is 60.8 cm³/mol. The van der Waals surface area contributed by atoms with Crippen molar-refractivity contribution < 1.29 is 9.53 Å². The molecule has 0 aliphatic heterocycles. The zero-order chi connectivity index (χ0) is 12.0. The van der Waals surface area contributed by atoms with Crippen LogP contribution in [0.4, 0.5) is 5.82 Å². The van der Waals surface area contributed by atoms with Crippen LogP contribution in [-0.2, 0) is 4.79 Å². The second kappa shape index (κ2) is 6.12. The van der Waals surface area contributed by atoms with E-state index in [9.17, 15) is 4.79 Å². The molecule has 2 N–H and O–H groups in total. The Kier molecular flexibility index (Phi) is 4.78. The molecule has 1 amide bonds. The summed E-state index contributed by atoms with van der Waals surface area (Å²) >= 11 is 5.86. The average molecular weight is 245 g/mol. The van der Waals surface area contributed by atoms with E-state index in [1.807, 2.05) is 0 Å². The number of carbonyl (C=O) groups is 1. The average Bonchev–Trinajstić information content (AvgIpc) is 2.31. The molecule has 0 aromatic carbocycles. The minimum absolute atomic E-state index is 0.0513. The van der Waals surface area contributed by atoms with E-state index < -0.39 is 0 Å². The van der Waals surface area contributed by atoms with Crippen molar-refractivity contribution in [1.82, 2.24) is 15.3 Å². The van der Waals surface area contributed by atoms with Gasteiger partial charge in [0.2, 0.25) is 5.91 Å². The monoisotopic (exact) mass is 244 g/mol. The lowest BCUT2D eigenvalue weighted by Crippen LogP contribution is -2.21. The first kappa shape index (κ1) is 12.5. The van der Waals surface area contributed by atoms with Crippen molar-refractivity contribution in [3.05, 3.63) is 11.2 Å². The maximum atomic E-state index is 11.0. The highest BCUT2D eigenvalue weighted by atomic mass is 35.5. The Balaban J connectivity index is 2.55. The first-order chi connectivity index (χ1) is 7.67. The van der Waals surface area contributed by atoms with Gasteiger partial charge in [-0.15, -0.1) is 0 Å². The molecule has 0 atom stereocenters. The largest absolute Gasteiger partial charge is 0.467 e. The number of methoxy groups -OCH3 is 1. The van der Waals surface area contributed by atoms with E-state index in [1.165, 1.54) is 13.3 Å². The van der Waals surface area contributed by atoms with Gasteiger partial charge in [0.05, 0.1) is 13.3 Å². The lowest BCUT2D eigenvalue weighted by Gasteiger charge is -2.07.